The van der Waals surface area contributed by atoms with Gasteiger partial charge in [-0.3, -0.25) is 14.5 Å². The molecule has 4 nitrogen and oxygen atoms in total. The molecule has 0 fully saturated rings. The quantitative estimate of drug-likeness (QED) is 0.598. The van der Waals surface area contributed by atoms with Crippen LogP contribution in [0.2, 0.25) is 0 Å². The maximum Gasteiger partial charge on any atom is 0.247 e. The van der Waals surface area contributed by atoms with Crippen LogP contribution >= 0.6 is 0 Å². The first kappa shape index (κ1) is 9.83. The molecule has 2 rings (SSSR count). The number of aliphatic imine (C=N–C) groups is 1. The van der Waals surface area contributed by atoms with E-state index in [0.717, 1.165) is 12.8 Å². The Bertz CT molecular complexity index is 380. The lowest BCUT2D eigenvalue weighted by molar-refractivity contribution is -0.125. The van der Waals surface area contributed by atoms with Gasteiger partial charge in [0, 0.05) is 19.0 Å². The predicted molar refractivity (Wildman–Crippen MR) is 56.0 cm³/mol. The summed E-state index contributed by atoms with van der Waals surface area (Å²) < 4.78 is 0. The number of nitrogens with zero attached hydrogens (tertiary/aromatic N) is 2. The minimum atomic E-state index is -0.148. The number of allylic oxidation sites excluding steroid dienone is 2. The summed E-state index contributed by atoms with van der Waals surface area (Å²) in [5.41, 5.74) is 0. The molecule has 0 aliphatic carbocycles. The normalized spacial score (nSPS) is 21.6. The third kappa shape index (κ3) is 2.21. The van der Waals surface area contributed by atoms with Gasteiger partial charge < -0.3 is 0 Å². The third-order valence-corrected chi connectivity index (χ3v) is 2.38. The van der Waals surface area contributed by atoms with E-state index in [0.29, 0.717) is 18.7 Å². The van der Waals surface area contributed by atoms with Crippen molar-refractivity contribution >= 4 is 17.6 Å². The monoisotopic (exact) mass is 204 g/mol. The molecule has 0 saturated heterocycles. The van der Waals surface area contributed by atoms with E-state index >= 15 is 0 Å². The highest BCUT2D eigenvalue weighted by atomic mass is 16.2. The Balaban J connectivity index is 2.31. The summed E-state index contributed by atoms with van der Waals surface area (Å²) in [6.07, 6.45) is 9.27. The van der Waals surface area contributed by atoms with E-state index in [4.69, 9.17) is 0 Å². The summed E-state index contributed by atoms with van der Waals surface area (Å²) in [6.45, 7) is 0. The van der Waals surface area contributed by atoms with E-state index in [1.165, 1.54) is 4.90 Å². The van der Waals surface area contributed by atoms with Crippen LogP contribution in [-0.2, 0) is 9.59 Å². The fourth-order valence-corrected chi connectivity index (χ4v) is 1.59. The van der Waals surface area contributed by atoms with Crippen molar-refractivity contribution in [3.63, 3.8) is 0 Å². The van der Waals surface area contributed by atoms with Gasteiger partial charge >= 0.3 is 0 Å². The van der Waals surface area contributed by atoms with Crippen molar-refractivity contribution in [1.82, 2.24) is 4.90 Å². The van der Waals surface area contributed by atoms with Crippen molar-refractivity contribution in [2.24, 2.45) is 4.99 Å². The van der Waals surface area contributed by atoms with Gasteiger partial charge in [0.05, 0.1) is 0 Å². The Morgan fingerprint density at radius 2 is 1.93 bits per heavy atom. The zero-order valence-electron chi connectivity index (χ0n) is 8.35. The van der Waals surface area contributed by atoms with Crippen molar-refractivity contribution in [3.05, 3.63) is 24.4 Å². The third-order valence-electron chi connectivity index (χ3n) is 2.38. The van der Waals surface area contributed by atoms with Gasteiger partial charge in [-0.05, 0) is 25.0 Å². The first-order valence-corrected chi connectivity index (χ1v) is 5.06. The van der Waals surface area contributed by atoms with E-state index in [9.17, 15) is 9.59 Å². The second-order valence-electron chi connectivity index (χ2n) is 3.54. The number of amides is 2. The molecule has 0 N–H and O–H groups in total. The van der Waals surface area contributed by atoms with Gasteiger partial charge in [0.25, 0.3) is 0 Å². The van der Waals surface area contributed by atoms with E-state index in [-0.39, 0.29) is 11.8 Å². The summed E-state index contributed by atoms with van der Waals surface area (Å²) in [5.74, 6) is 0.295. The molecule has 15 heavy (non-hydrogen) atoms. The number of amidine groups is 1. The van der Waals surface area contributed by atoms with Gasteiger partial charge in [-0.15, -0.1) is 0 Å². The van der Waals surface area contributed by atoms with Gasteiger partial charge in [0.15, 0.2) is 0 Å². The molecule has 0 unspecified atom stereocenters. The summed E-state index contributed by atoms with van der Waals surface area (Å²) >= 11 is 0. The van der Waals surface area contributed by atoms with Crippen molar-refractivity contribution in [2.75, 3.05) is 0 Å². The SMILES string of the molecule is O=C1CCCCC(=O)N2C=CC=CC2=N1. The van der Waals surface area contributed by atoms with Gasteiger partial charge in [-0.2, -0.15) is 4.99 Å². The molecule has 0 aromatic rings. The molecular formula is C11H12N2O2. The summed E-state index contributed by atoms with van der Waals surface area (Å²) in [5, 5.41) is 0. The van der Waals surface area contributed by atoms with E-state index in [1.807, 2.05) is 0 Å². The largest absolute Gasteiger partial charge is 0.274 e. The summed E-state index contributed by atoms with van der Waals surface area (Å²) in [7, 11) is 0. The van der Waals surface area contributed by atoms with Crippen LogP contribution in [0.5, 0.6) is 0 Å². The fraction of sp³-hybridized carbons (Fsp3) is 0.364. The average molecular weight is 204 g/mol. The van der Waals surface area contributed by atoms with Crippen LogP contribution in [0, 0.1) is 0 Å². The van der Waals surface area contributed by atoms with Gasteiger partial charge in [-0.25, -0.2) is 0 Å². The highest BCUT2D eigenvalue weighted by molar-refractivity contribution is 6.10. The number of fused-ring (bicyclic) bond motifs is 1. The summed E-state index contributed by atoms with van der Waals surface area (Å²) in [6, 6.07) is 0. The Morgan fingerprint density at radius 1 is 1.13 bits per heavy atom. The number of hydrogen-bond acceptors (Lipinski definition) is 2. The lowest BCUT2D eigenvalue weighted by Crippen LogP contribution is -2.32. The van der Waals surface area contributed by atoms with Crippen molar-refractivity contribution in [1.29, 1.82) is 0 Å². The maximum atomic E-state index is 11.7. The first-order chi connectivity index (χ1) is 7.27. The molecular weight excluding hydrogens is 192 g/mol. The highest BCUT2D eigenvalue weighted by Crippen LogP contribution is 2.12. The number of carbonyl (C=O) groups excluding carboxylic acids is 2. The highest BCUT2D eigenvalue weighted by Gasteiger charge is 2.19. The van der Waals surface area contributed by atoms with Crippen LogP contribution in [0.3, 0.4) is 0 Å². The molecule has 4 heteroatoms. The second-order valence-corrected chi connectivity index (χ2v) is 3.54. The van der Waals surface area contributed by atoms with E-state index < -0.39 is 0 Å². The number of carbonyl (C=O) groups is 2. The topological polar surface area (TPSA) is 49.7 Å². The molecule has 0 bridgehead atoms. The lowest BCUT2D eigenvalue weighted by atomic mass is 10.2. The molecule has 0 atom stereocenters. The van der Waals surface area contributed by atoms with Crippen molar-refractivity contribution in [2.45, 2.75) is 25.7 Å². The molecule has 0 saturated carbocycles. The molecule has 0 aromatic carbocycles. The smallest absolute Gasteiger partial charge is 0.247 e. The van der Waals surface area contributed by atoms with Crippen LogP contribution in [0.1, 0.15) is 25.7 Å². The number of hydrogen-bond donors (Lipinski definition) is 0. The molecule has 2 aliphatic heterocycles. The predicted octanol–water partition coefficient (Wildman–Crippen LogP) is 1.40. The molecule has 2 aliphatic rings. The van der Waals surface area contributed by atoms with Crippen LogP contribution in [0.4, 0.5) is 0 Å². The lowest BCUT2D eigenvalue weighted by Gasteiger charge is -2.19. The van der Waals surface area contributed by atoms with Crippen LogP contribution < -0.4 is 0 Å². The molecule has 2 amide bonds. The minimum absolute atomic E-state index is 0.00375. The van der Waals surface area contributed by atoms with Crippen LogP contribution in [0.25, 0.3) is 0 Å². The fourth-order valence-electron chi connectivity index (χ4n) is 1.59. The molecule has 0 aromatic heterocycles. The Kier molecular flexibility index (Phi) is 2.76. The average Bonchev–Trinajstić information content (AvgIpc) is 2.30. The first-order valence-electron chi connectivity index (χ1n) is 5.06. The van der Waals surface area contributed by atoms with Crippen molar-refractivity contribution < 1.29 is 9.59 Å². The zero-order chi connectivity index (χ0) is 10.7. The van der Waals surface area contributed by atoms with E-state index in [1.54, 1.807) is 24.4 Å². The molecule has 0 spiro atoms. The van der Waals surface area contributed by atoms with Crippen LogP contribution in [0.15, 0.2) is 29.4 Å². The van der Waals surface area contributed by atoms with Crippen molar-refractivity contribution in [3.8, 4) is 0 Å². The Labute approximate surface area is 88.0 Å². The van der Waals surface area contributed by atoms with Gasteiger partial charge in [-0.1, -0.05) is 6.08 Å². The van der Waals surface area contributed by atoms with E-state index in [2.05, 4.69) is 4.99 Å². The Morgan fingerprint density at radius 3 is 2.80 bits per heavy atom. The number of rotatable bonds is 0. The molecule has 78 valence electrons. The molecule has 0 radical (unpaired) electrons. The standard InChI is InChI=1S/C11H12N2O2/c14-10-6-1-2-7-11(15)13-8-4-3-5-9(13)12-10/h3-5,8H,1-2,6-7H2. The molecule has 2 heterocycles. The zero-order valence-corrected chi connectivity index (χ0v) is 8.35. The Hall–Kier alpha value is -1.71. The van der Waals surface area contributed by atoms with Gasteiger partial charge in [0.1, 0.15) is 5.84 Å². The van der Waals surface area contributed by atoms with Gasteiger partial charge in [0.2, 0.25) is 11.8 Å². The summed E-state index contributed by atoms with van der Waals surface area (Å²) in [4.78, 5) is 28.4. The second kappa shape index (κ2) is 4.21. The minimum Gasteiger partial charge on any atom is -0.274 e. The maximum absolute atomic E-state index is 11.7. The van der Waals surface area contributed by atoms with Crippen LogP contribution in [-0.4, -0.2) is 22.5 Å².